The quantitative estimate of drug-likeness (QED) is 0.659. The highest BCUT2D eigenvalue weighted by atomic mass is 32.2. The van der Waals surface area contributed by atoms with Crippen LogP contribution in [0.25, 0.3) is 10.9 Å². The number of nitrogens with two attached hydrogens (primary N) is 1. The summed E-state index contributed by atoms with van der Waals surface area (Å²) in [5.41, 5.74) is 5.43. The van der Waals surface area contributed by atoms with Crippen LogP contribution in [0.3, 0.4) is 0 Å². The summed E-state index contributed by atoms with van der Waals surface area (Å²) in [6.45, 7) is 5.36. The number of aromatic nitrogens is 2. The standard InChI is InChI=1S/C16H24N4S/c1-3-20-14-8-5-4-7-12(14)13(19-20)11-15(18-17)16(2)9-6-10-21-16/h4-5,7-8,15,18H,3,6,9-11,17H2,1-2H3. The first-order valence-electron chi connectivity index (χ1n) is 7.72. The predicted octanol–water partition coefficient (Wildman–Crippen LogP) is 2.72. The number of thioether (sulfide) groups is 1. The number of benzene rings is 1. The summed E-state index contributed by atoms with van der Waals surface area (Å²) >= 11 is 2.04. The Hall–Kier alpha value is -1.04. The molecule has 1 aromatic heterocycles. The number of para-hydroxylation sites is 1. The summed E-state index contributed by atoms with van der Waals surface area (Å²) in [7, 11) is 0. The Kier molecular flexibility index (Phi) is 4.24. The number of nitrogens with one attached hydrogen (secondary N) is 1. The van der Waals surface area contributed by atoms with Gasteiger partial charge in [-0.1, -0.05) is 18.2 Å². The fourth-order valence-corrected chi connectivity index (χ4v) is 4.70. The van der Waals surface area contributed by atoms with Crippen molar-refractivity contribution in [2.45, 2.75) is 50.4 Å². The molecule has 1 aliphatic rings. The monoisotopic (exact) mass is 304 g/mol. The molecule has 0 amide bonds. The lowest BCUT2D eigenvalue weighted by Crippen LogP contribution is -2.50. The SMILES string of the molecule is CCn1nc(CC(NN)C2(C)CCCS2)c2ccccc21. The number of hydrogen-bond acceptors (Lipinski definition) is 4. The molecule has 2 aromatic rings. The Balaban J connectivity index is 1.93. The Morgan fingerprint density at radius 2 is 2.29 bits per heavy atom. The fourth-order valence-electron chi connectivity index (χ4n) is 3.31. The zero-order valence-electron chi connectivity index (χ0n) is 12.8. The fraction of sp³-hybridized carbons (Fsp3) is 0.562. The van der Waals surface area contributed by atoms with Gasteiger partial charge >= 0.3 is 0 Å². The van der Waals surface area contributed by atoms with E-state index in [4.69, 9.17) is 10.9 Å². The Morgan fingerprint density at radius 3 is 2.95 bits per heavy atom. The average Bonchev–Trinajstić information content (AvgIpc) is 3.09. The van der Waals surface area contributed by atoms with E-state index in [1.165, 1.54) is 29.5 Å². The van der Waals surface area contributed by atoms with Gasteiger partial charge in [-0.2, -0.15) is 16.9 Å². The minimum atomic E-state index is 0.214. The molecule has 114 valence electrons. The molecule has 0 aliphatic carbocycles. The van der Waals surface area contributed by atoms with Gasteiger partial charge in [-0.25, -0.2) is 0 Å². The molecule has 0 saturated carbocycles. The number of rotatable bonds is 5. The van der Waals surface area contributed by atoms with Gasteiger partial charge in [0.2, 0.25) is 0 Å². The zero-order valence-corrected chi connectivity index (χ0v) is 13.6. The van der Waals surface area contributed by atoms with Crippen LogP contribution >= 0.6 is 11.8 Å². The van der Waals surface area contributed by atoms with Crippen LogP contribution in [0.1, 0.15) is 32.4 Å². The molecule has 3 rings (SSSR count). The number of aryl methyl sites for hydroxylation is 1. The molecule has 1 aliphatic heterocycles. The minimum absolute atomic E-state index is 0.214. The van der Waals surface area contributed by atoms with E-state index in [-0.39, 0.29) is 10.8 Å². The number of fused-ring (bicyclic) bond motifs is 1. The summed E-state index contributed by atoms with van der Waals surface area (Å²) in [4.78, 5) is 0. The van der Waals surface area contributed by atoms with E-state index >= 15 is 0 Å². The van der Waals surface area contributed by atoms with Gasteiger partial charge in [-0.05, 0) is 38.5 Å². The third kappa shape index (κ3) is 2.70. The van der Waals surface area contributed by atoms with Crippen LogP contribution in [0, 0.1) is 0 Å². The molecule has 1 saturated heterocycles. The van der Waals surface area contributed by atoms with Gasteiger partial charge in [-0.15, -0.1) is 0 Å². The van der Waals surface area contributed by atoms with Crippen molar-refractivity contribution >= 4 is 22.7 Å². The molecule has 0 radical (unpaired) electrons. The molecule has 0 bridgehead atoms. The van der Waals surface area contributed by atoms with Crippen LogP contribution in [0.2, 0.25) is 0 Å². The normalized spacial score (nSPS) is 23.8. The van der Waals surface area contributed by atoms with E-state index < -0.39 is 0 Å². The van der Waals surface area contributed by atoms with Gasteiger partial charge in [0.25, 0.3) is 0 Å². The first-order chi connectivity index (χ1) is 10.2. The van der Waals surface area contributed by atoms with E-state index in [9.17, 15) is 0 Å². The highest BCUT2D eigenvalue weighted by Crippen LogP contribution is 2.41. The van der Waals surface area contributed by atoms with Crippen LogP contribution in [-0.4, -0.2) is 26.3 Å². The summed E-state index contributed by atoms with van der Waals surface area (Å²) in [6, 6.07) is 8.74. The molecule has 21 heavy (non-hydrogen) atoms. The average molecular weight is 304 g/mol. The van der Waals surface area contributed by atoms with Gasteiger partial charge in [0.05, 0.1) is 11.2 Å². The lowest BCUT2D eigenvalue weighted by molar-refractivity contribution is 0.402. The van der Waals surface area contributed by atoms with Crippen molar-refractivity contribution < 1.29 is 0 Å². The molecular weight excluding hydrogens is 280 g/mol. The molecule has 1 fully saturated rings. The lowest BCUT2D eigenvalue weighted by Gasteiger charge is -2.32. The van der Waals surface area contributed by atoms with Crippen LogP contribution in [0.4, 0.5) is 0 Å². The van der Waals surface area contributed by atoms with Gasteiger partial charge < -0.3 is 0 Å². The van der Waals surface area contributed by atoms with Crippen molar-refractivity contribution in [3.05, 3.63) is 30.0 Å². The highest BCUT2D eigenvalue weighted by molar-refractivity contribution is 8.00. The third-order valence-corrected chi connectivity index (χ3v) is 6.26. The smallest absolute Gasteiger partial charge is 0.0719 e. The molecule has 2 unspecified atom stereocenters. The predicted molar refractivity (Wildman–Crippen MR) is 90.3 cm³/mol. The summed E-state index contributed by atoms with van der Waals surface area (Å²) < 4.78 is 2.30. The van der Waals surface area contributed by atoms with E-state index in [1.54, 1.807) is 0 Å². The second-order valence-corrected chi connectivity index (χ2v) is 7.60. The zero-order chi connectivity index (χ0) is 14.9. The second-order valence-electron chi connectivity index (χ2n) is 5.97. The van der Waals surface area contributed by atoms with Crippen molar-refractivity contribution in [2.24, 2.45) is 5.84 Å². The third-order valence-electron chi connectivity index (χ3n) is 4.62. The van der Waals surface area contributed by atoms with Crippen molar-refractivity contribution in [1.29, 1.82) is 0 Å². The highest BCUT2D eigenvalue weighted by Gasteiger charge is 2.38. The topological polar surface area (TPSA) is 55.9 Å². The molecule has 2 heterocycles. The first-order valence-corrected chi connectivity index (χ1v) is 8.71. The Labute approximate surface area is 130 Å². The second kappa shape index (κ2) is 5.99. The van der Waals surface area contributed by atoms with E-state index in [0.29, 0.717) is 0 Å². The molecule has 1 aromatic carbocycles. The largest absolute Gasteiger partial charge is 0.271 e. The Bertz CT molecular complexity index is 616. The van der Waals surface area contributed by atoms with E-state index in [0.717, 1.165) is 18.7 Å². The van der Waals surface area contributed by atoms with Crippen molar-refractivity contribution in [2.75, 3.05) is 5.75 Å². The summed E-state index contributed by atoms with van der Waals surface area (Å²) in [5, 5.41) is 6.07. The molecule has 5 heteroatoms. The van der Waals surface area contributed by atoms with Crippen LogP contribution in [0.15, 0.2) is 24.3 Å². The van der Waals surface area contributed by atoms with Crippen molar-refractivity contribution in [3.63, 3.8) is 0 Å². The maximum absolute atomic E-state index is 5.87. The van der Waals surface area contributed by atoms with E-state index in [1.807, 2.05) is 11.8 Å². The summed E-state index contributed by atoms with van der Waals surface area (Å²) in [5.74, 6) is 7.11. The van der Waals surface area contributed by atoms with Crippen LogP contribution in [0.5, 0.6) is 0 Å². The van der Waals surface area contributed by atoms with Crippen molar-refractivity contribution in [1.82, 2.24) is 15.2 Å². The number of hydrazine groups is 1. The Morgan fingerprint density at radius 1 is 1.48 bits per heavy atom. The molecule has 0 spiro atoms. The number of hydrogen-bond donors (Lipinski definition) is 2. The van der Waals surface area contributed by atoms with Gasteiger partial charge in [0, 0.05) is 29.1 Å². The molecule has 2 atom stereocenters. The van der Waals surface area contributed by atoms with Crippen LogP contribution in [-0.2, 0) is 13.0 Å². The maximum Gasteiger partial charge on any atom is 0.0719 e. The molecule has 3 N–H and O–H groups in total. The van der Waals surface area contributed by atoms with Gasteiger partial charge in [-0.3, -0.25) is 16.0 Å². The molecular formula is C16H24N4S. The van der Waals surface area contributed by atoms with Gasteiger partial charge in [0.15, 0.2) is 0 Å². The van der Waals surface area contributed by atoms with Crippen molar-refractivity contribution in [3.8, 4) is 0 Å². The number of nitrogens with zero attached hydrogens (tertiary/aromatic N) is 2. The molecule has 4 nitrogen and oxygen atoms in total. The maximum atomic E-state index is 5.87. The minimum Gasteiger partial charge on any atom is -0.271 e. The van der Waals surface area contributed by atoms with Crippen LogP contribution < -0.4 is 11.3 Å². The first kappa shape index (κ1) is 14.9. The van der Waals surface area contributed by atoms with Gasteiger partial charge in [0.1, 0.15) is 0 Å². The van der Waals surface area contributed by atoms with E-state index in [2.05, 4.69) is 48.2 Å². The summed E-state index contributed by atoms with van der Waals surface area (Å²) in [6.07, 6.45) is 3.38. The lowest BCUT2D eigenvalue weighted by atomic mass is 9.92.